The summed E-state index contributed by atoms with van der Waals surface area (Å²) in [4.78, 5) is 14.8. The molecule has 2 fully saturated rings. The average molecular weight is 412 g/mol. The fourth-order valence-electron chi connectivity index (χ4n) is 3.23. The molecule has 0 aliphatic carbocycles. The number of carbonyl (C=O) groups is 1. The first kappa shape index (κ1) is 21.0. The SMILES string of the molecule is CC[C@@H](C)C(=O)Nc1cc(S(=O)(=O)N2CCOCC2)ccc1N1CCOCC1. The smallest absolute Gasteiger partial charge is 0.243 e. The molecule has 0 aromatic heterocycles. The first-order valence-corrected chi connectivity index (χ1v) is 11.2. The summed E-state index contributed by atoms with van der Waals surface area (Å²) < 4.78 is 38.2. The van der Waals surface area contributed by atoms with Crippen molar-refractivity contribution in [2.45, 2.75) is 25.2 Å². The minimum atomic E-state index is -3.63. The Morgan fingerprint density at radius 1 is 1.11 bits per heavy atom. The second-order valence-electron chi connectivity index (χ2n) is 7.09. The Bertz CT molecular complexity index is 787. The van der Waals surface area contributed by atoms with E-state index in [1.807, 2.05) is 13.8 Å². The van der Waals surface area contributed by atoms with E-state index in [9.17, 15) is 13.2 Å². The van der Waals surface area contributed by atoms with Gasteiger partial charge in [-0.05, 0) is 24.6 Å². The molecule has 2 aliphatic rings. The zero-order valence-electron chi connectivity index (χ0n) is 16.5. The van der Waals surface area contributed by atoms with E-state index in [-0.39, 0.29) is 16.7 Å². The minimum absolute atomic E-state index is 0.113. The molecule has 28 heavy (non-hydrogen) atoms. The van der Waals surface area contributed by atoms with Crippen LogP contribution in [0.4, 0.5) is 11.4 Å². The Kier molecular flexibility index (Phi) is 6.92. The summed E-state index contributed by atoms with van der Waals surface area (Å²) >= 11 is 0. The molecule has 1 aromatic rings. The molecule has 1 N–H and O–H groups in total. The Labute approximate surface area is 166 Å². The molecule has 0 unspecified atom stereocenters. The van der Waals surface area contributed by atoms with Crippen molar-refractivity contribution < 1.29 is 22.7 Å². The predicted molar refractivity (Wildman–Crippen MR) is 107 cm³/mol. The summed E-state index contributed by atoms with van der Waals surface area (Å²) in [5.74, 6) is -0.269. The Morgan fingerprint density at radius 3 is 2.32 bits per heavy atom. The van der Waals surface area contributed by atoms with Crippen molar-refractivity contribution >= 4 is 27.3 Å². The third-order valence-electron chi connectivity index (χ3n) is 5.25. The highest BCUT2D eigenvalue weighted by atomic mass is 32.2. The van der Waals surface area contributed by atoms with E-state index in [2.05, 4.69) is 10.2 Å². The van der Waals surface area contributed by atoms with Crippen LogP contribution in [0, 0.1) is 5.92 Å². The maximum absolute atomic E-state index is 13.0. The van der Waals surface area contributed by atoms with Crippen molar-refractivity contribution in [3.05, 3.63) is 18.2 Å². The molecular weight excluding hydrogens is 382 g/mol. The van der Waals surface area contributed by atoms with Gasteiger partial charge in [0.25, 0.3) is 0 Å². The number of hydrogen-bond donors (Lipinski definition) is 1. The van der Waals surface area contributed by atoms with E-state index >= 15 is 0 Å². The topological polar surface area (TPSA) is 88.2 Å². The summed E-state index contributed by atoms with van der Waals surface area (Å²) in [5.41, 5.74) is 1.35. The first-order chi connectivity index (χ1) is 13.4. The van der Waals surface area contributed by atoms with Crippen molar-refractivity contribution in [1.29, 1.82) is 0 Å². The van der Waals surface area contributed by atoms with E-state index < -0.39 is 10.0 Å². The molecule has 1 atom stereocenters. The molecule has 2 saturated heterocycles. The monoisotopic (exact) mass is 411 g/mol. The molecule has 0 spiro atoms. The summed E-state index contributed by atoms with van der Waals surface area (Å²) in [5, 5.41) is 2.94. The summed E-state index contributed by atoms with van der Waals surface area (Å²) in [6.45, 7) is 7.86. The molecule has 1 amide bonds. The number of rotatable bonds is 6. The summed E-state index contributed by atoms with van der Waals surface area (Å²) in [6, 6.07) is 4.98. The number of nitrogens with one attached hydrogen (secondary N) is 1. The lowest BCUT2D eigenvalue weighted by Crippen LogP contribution is -2.40. The van der Waals surface area contributed by atoms with Crippen LogP contribution in [-0.2, 0) is 24.3 Å². The lowest BCUT2D eigenvalue weighted by molar-refractivity contribution is -0.119. The number of morpholine rings is 2. The Hall–Kier alpha value is -1.68. The summed E-state index contributed by atoms with van der Waals surface area (Å²) in [7, 11) is -3.63. The molecule has 0 bridgehead atoms. The zero-order valence-corrected chi connectivity index (χ0v) is 17.3. The van der Waals surface area contributed by atoms with E-state index in [1.165, 1.54) is 4.31 Å². The van der Waals surface area contributed by atoms with Gasteiger partial charge in [-0.3, -0.25) is 4.79 Å². The van der Waals surface area contributed by atoms with Crippen LogP contribution in [-0.4, -0.2) is 71.2 Å². The summed E-state index contributed by atoms with van der Waals surface area (Å²) in [6.07, 6.45) is 0.713. The molecule has 156 valence electrons. The van der Waals surface area contributed by atoms with Crippen LogP contribution in [0.3, 0.4) is 0 Å². The molecule has 2 aliphatic heterocycles. The van der Waals surface area contributed by atoms with Crippen molar-refractivity contribution in [3.63, 3.8) is 0 Å². The van der Waals surface area contributed by atoms with Gasteiger partial charge in [-0.25, -0.2) is 8.42 Å². The van der Waals surface area contributed by atoms with Gasteiger partial charge >= 0.3 is 0 Å². The van der Waals surface area contributed by atoms with Crippen LogP contribution in [0.2, 0.25) is 0 Å². The number of benzene rings is 1. The third kappa shape index (κ3) is 4.65. The van der Waals surface area contributed by atoms with Gasteiger partial charge in [0.1, 0.15) is 0 Å². The average Bonchev–Trinajstić information content (AvgIpc) is 2.74. The Morgan fingerprint density at radius 2 is 1.71 bits per heavy atom. The van der Waals surface area contributed by atoms with Crippen LogP contribution < -0.4 is 10.2 Å². The first-order valence-electron chi connectivity index (χ1n) is 9.79. The number of hydrogen-bond acceptors (Lipinski definition) is 6. The lowest BCUT2D eigenvalue weighted by Gasteiger charge is -2.31. The van der Waals surface area contributed by atoms with Gasteiger partial charge in [-0.2, -0.15) is 4.31 Å². The van der Waals surface area contributed by atoms with Crippen LogP contribution in [0.25, 0.3) is 0 Å². The van der Waals surface area contributed by atoms with E-state index in [0.29, 0.717) is 64.7 Å². The molecule has 1 aromatic carbocycles. The molecule has 0 saturated carbocycles. The fraction of sp³-hybridized carbons (Fsp3) is 0.632. The van der Waals surface area contributed by atoms with Gasteiger partial charge < -0.3 is 19.7 Å². The number of nitrogens with zero attached hydrogens (tertiary/aromatic N) is 2. The molecule has 2 heterocycles. The zero-order chi connectivity index (χ0) is 20.1. The van der Waals surface area contributed by atoms with Crippen molar-refractivity contribution in [1.82, 2.24) is 4.31 Å². The highest BCUT2D eigenvalue weighted by Gasteiger charge is 2.28. The number of amides is 1. The van der Waals surface area contributed by atoms with Gasteiger partial charge in [0.15, 0.2) is 0 Å². The van der Waals surface area contributed by atoms with Crippen molar-refractivity contribution in [3.8, 4) is 0 Å². The van der Waals surface area contributed by atoms with Gasteiger partial charge in [-0.1, -0.05) is 13.8 Å². The van der Waals surface area contributed by atoms with Crippen LogP contribution in [0.5, 0.6) is 0 Å². The lowest BCUT2D eigenvalue weighted by atomic mass is 10.1. The largest absolute Gasteiger partial charge is 0.379 e. The quantitative estimate of drug-likeness (QED) is 0.764. The van der Waals surface area contributed by atoms with Gasteiger partial charge in [0, 0.05) is 32.1 Å². The highest BCUT2D eigenvalue weighted by Crippen LogP contribution is 2.31. The standard InChI is InChI=1S/C19H29N3O5S/c1-3-15(2)19(23)20-17-14-16(28(24,25)22-8-12-27-13-9-22)4-5-18(17)21-6-10-26-11-7-21/h4-5,14-15H,3,6-13H2,1-2H3,(H,20,23)/t15-/m1/s1. The number of carbonyl (C=O) groups excluding carboxylic acids is 1. The maximum atomic E-state index is 13.0. The normalized spacial score (nSPS) is 20.0. The third-order valence-corrected chi connectivity index (χ3v) is 7.14. The van der Waals surface area contributed by atoms with Crippen LogP contribution in [0.1, 0.15) is 20.3 Å². The molecule has 0 radical (unpaired) electrons. The van der Waals surface area contributed by atoms with Crippen molar-refractivity contribution in [2.24, 2.45) is 5.92 Å². The Balaban J connectivity index is 1.94. The van der Waals surface area contributed by atoms with Gasteiger partial charge in [-0.15, -0.1) is 0 Å². The predicted octanol–water partition coefficient (Wildman–Crippen LogP) is 1.53. The molecule has 3 rings (SSSR count). The molecular formula is C19H29N3O5S. The van der Waals surface area contributed by atoms with Crippen molar-refractivity contribution in [2.75, 3.05) is 62.8 Å². The fourth-order valence-corrected chi connectivity index (χ4v) is 4.67. The molecule has 9 heteroatoms. The second kappa shape index (κ2) is 9.21. The second-order valence-corrected chi connectivity index (χ2v) is 9.03. The molecule has 8 nitrogen and oxygen atoms in total. The number of sulfonamides is 1. The number of ether oxygens (including phenoxy) is 2. The van der Waals surface area contributed by atoms with E-state index in [1.54, 1.807) is 18.2 Å². The van der Waals surface area contributed by atoms with Gasteiger partial charge in [0.05, 0.1) is 42.7 Å². The van der Waals surface area contributed by atoms with E-state index in [4.69, 9.17) is 9.47 Å². The van der Waals surface area contributed by atoms with E-state index in [0.717, 1.165) is 5.69 Å². The van der Waals surface area contributed by atoms with Gasteiger partial charge in [0.2, 0.25) is 15.9 Å². The van der Waals surface area contributed by atoms with Crippen LogP contribution in [0.15, 0.2) is 23.1 Å². The minimum Gasteiger partial charge on any atom is -0.379 e. The maximum Gasteiger partial charge on any atom is 0.243 e. The van der Waals surface area contributed by atoms with Crippen LogP contribution >= 0.6 is 0 Å². The number of anilines is 2. The highest BCUT2D eigenvalue weighted by molar-refractivity contribution is 7.89.